The standard InChI is InChI=1S/C17H27N3O/c1-3-17(21)18-10-7-11-20-13-12-19(2)14-16(20)15-8-5-4-6-9-15/h4-6,8-9,16H,3,7,10-14H2,1-2H3,(H,18,21)/t16-/m1/s1. The molecule has 1 saturated heterocycles. The fourth-order valence-electron chi connectivity index (χ4n) is 2.85. The molecule has 116 valence electrons. The summed E-state index contributed by atoms with van der Waals surface area (Å²) in [6.45, 7) is 6.99. The summed E-state index contributed by atoms with van der Waals surface area (Å²) >= 11 is 0. The van der Waals surface area contributed by atoms with E-state index in [9.17, 15) is 4.79 Å². The molecule has 0 radical (unpaired) electrons. The molecule has 0 bridgehead atoms. The Balaban J connectivity index is 1.88. The van der Waals surface area contributed by atoms with Crippen LogP contribution in [0.3, 0.4) is 0 Å². The molecule has 0 unspecified atom stereocenters. The van der Waals surface area contributed by atoms with Crippen molar-refractivity contribution >= 4 is 5.91 Å². The lowest BCUT2D eigenvalue weighted by molar-refractivity contribution is -0.120. The van der Waals surface area contributed by atoms with Gasteiger partial charge < -0.3 is 10.2 Å². The summed E-state index contributed by atoms with van der Waals surface area (Å²) in [4.78, 5) is 16.2. The molecule has 21 heavy (non-hydrogen) atoms. The van der Waals surface area contributed by atoms with Gasteiger partial charge in [-0.1, -0.05) is 37.3 Å². The Morgan fingerprint density at radius 1 is 1.29 bits per heavy atom. The molecule has 1 aliphatic heterocycles. The van der Waals surface area contributed by atoms with Gasteiger partial charge in [0.15, 0.2) is 0 Å². The number of likely N-dealkylation sites (N-methyl/N-ethyl adjacent to an activating group) is 1. The lowest BCUT2D eigenvalue weighted by Crippen LogP contribution is -2.47. The van der Waals surface area contributed by atoms with Crippen molar-refractivity contribution in [2.45, 2.75) is 25.8 Å². The number of benzene rings is 1. The molecule has 4 heteroatoms. The van der Waals surface area contributed by atoms with Gasteiger partial charge in [0.2, 0.25) is 5.91 Å². The molecular weight excluding hydrogens is 262 g/mol. The van der Waals surface area contributed by atoms with E-state index in [0.29, 0.717) is 12.5 Å². The highest BCUT2D eigenvalue weighted by atomic mass is 16.1. The van der Waals surface area contributed by atoms with E-state index in [0.717, 1.165) is 39.1 Å². The van der Waals surface area contributed by atoms with Gasteiger partial charge in [-0.25, -0.2) is 0 Å². The summed E-state index contributed by atoms with van der Waals surface area (Å²) in [6.07, 6.45) is 1.58. The maximum absolute atomic E-state index is 11.3. The Labute approximate surface area is 128 Å². The third kappa shape index (κ3) is 4.83. The van der Waals surface area contributed by atoms with Crippen molar-refractivity contribution in [1.29, 1.82) is 0 Å². The zero-order chi connectivity index (χ0) is 15.1. The smallest absolute Gasteiger partial charge is 0.219 e. The second kappa shape index (κ2) is 8.15. The second-order valence-corrected chi connectivity index (χ2v) is 5.78. The summed E-state index contributed by atoms with van der Waals surface area (Å²) in [5.74, 6) is 0.146. The van der Waals surface area contributed by atoms with Crippen LogP contribution in [0.25, 0.3) is 0 Å². The topological polar surface area (TPSA) is 35.6 Å². The van der Waals surface area contributed by atoms with Crippen molar-refractivity contribution in [2.24, 2.45) is 0 Å². The van der Waals surface area contributed by atoms with E-state index >= 15 is 0 Å². The minimum Gasteiger partial charge on any atom is -0.356 e. The second-order valence-electron chi connectivity index (χ2n) is 5.78. The van der Waals surface area contributed by atoms with Gasteiger partial charge in [-0.15, -0.1) is 0 Å². The van der Waals surface area contributed by atoms with Crippen LogP contribution in [0.4, 0.5) is 0 Å². The van der Waals surface area contributed by atoms with Crippen molar-refractivity contribution in [3.63, 3.8) is 0 Å². The lowest BCUT2D eigenvalue weighted by Gasteiger charge is -2.40. The zero-order valence-electron chi connectivity index (χ0n) is 13.2. The van der Waals surface area contributed by atoms with Gasteiger partial charge in [0, 0.05) is 45.2 Å². The largest absolute Gasteiger partial charge is 0.356 e. The van der Waals surface area contributed by atoms with Crippen molar-refractivity contribution in [2.75, 3.05) is 39.8 Å². The number of nitrogens with zero attached hydrogens (tertiary/aromatic N) is 2. The van der Waals surface area contributed by atoms with E-state index in [4.69, 9.17) is 0 Å². The first-order valence-electron chi connectivity index (χ1n) is 7.95. The predicted octanol–water partition coefficient (Wildman–Crippen LogP) is 1.89. The maximum Gasteiger partial charge on any atom is 0.219 e. The Kier molecular flexibility index (Phi) is 6.21. The Bertz CT molecular complexity index is 435. The number of piperazine rings is 1. The Hall–Kier alpha value is -1.39. The van der Waals surface area contributed by atoms with Gasteiger partial charge in [0.1, 0.15) is 0 Å². The van der Waals surface area contributed by atoms with Crippen LogP contribution in [0, 0.1) is 0 Å². The van der Waals surface area contributed by atoms with Crippen molar-refractivity contribution < 1.29 is 4.79 Å². The highest BCUT2D eigenvalue weighted by Crippen LogP contribution is 2.24. The maximum atomic E-state index is 11.3. The number of hydrogen-bond donors (Lipinski definition) is 1. The van der Waals surface area contributed by atoms with Gasteiger partial charge in [-0.2, -0.15) is 0 Å². The average molecular weight is 289 g/mol. The van der Waals surface area contributed by atoms with Gasteiger partial charge in [-0.05, 0) is 19.0 Å². The first-order chi connectivity index (χ1) is 10.2. The van der Waals surface area contributed by atoms with Crippen LogP contribution in [0.15, 0.2) is 30.3 Å². The SMILES string of the molecule is CCC(=O)NCCCN1CCN(C)C[C@@H]1c1ccccc1. The van der Waals surface area contributed by atoms with E-state index < -0.39 is 0 Å². The van der Waals surface area contributed by atoms with Crippen LogP contribution >= 0.6 is 0 Å². The average Bonchev–Trinajstić information content (AvgIpc) is 2.53. The van der Waals surface area contributed by atoms with Crippen LogP contribution in [0.2, 0.25) is 0 Å². The van der Waals surface area contributed by atoms with E-state index in [1.807, 2.05) is 6.92 Å². The minimum atomic E-state index is 0.146. The van der Waals surface area contributed by atoms with Gasteiger partial charge in [-0.3, -0.25) is 9.69 Å². The van der Waals surface area contributed by atoms with Crippen LogP contribution < -0.4 is 5.32 Å². The normalized spacial score (nSPS) is 20.4. The molecule has 1 N–H and O–H groups in total. The molecule has 0 spiro atoms. The first kappa shape index (κ1) is 16.0. The van der Waals surface area contributed by atoms with Crippen LogP contribution in [-0.2, 0) is 4.79 Å². The minimum absolute atomic E-state index is 0.146. The molecule has 1 amide bonds. The highest BCUT2D eigenvalue weighted by molar-refractivity contribution is 5.75. The number of rotatable bonds is 6. The molecule has 2 rings (SSSR count). The van der Waals surface area contributed by atoms with Crippen molar-refractivity contribution in [3.05, 3.63) is 35.9 Å². The molecule has 1 heterocycles. The third-order valence-electron chi connectivity index (χ3n) is 4.14. The van der Waals surface area contributed by atoms with E-state index in [-0.39, 0.29) is 5.91 Å². The highest BCUT2D eigenvalue weighted by Gasteiger charge is 2.25. The van der Waals surface area contributed by atoms with Crippen LogP contribution in [0.5, 0.6) is 0 Å². The van der Waals surface area contributed by atoms with Crippen LogP contribution in [-0.4, -0.2) is 55.5 Å². The summed E-state index contributed by atoms with van der Waals surface area (Å²) in [6, 6.07) is 11.2. The summed E-state index contributed by atoms with van der Waals surface area (Å²) in [5, 5.41) is 2.96. The molecule has 1 aromatic rings. The molecule has 1 fully saturated rings. The number of hydrogen-bond acceptors (Lipinski definition) is 3. The fraction of sp³-hybridized carbons (Fsp3) is 0.588. The van der Waals surface area contributed by atoms with Gasteiger partial charge in [0.25, 0.3) is 0 Å². The molecular formula is C17H27N3O. The number of nitrogens with one attached hydrogen (secondary N) is 1. The fourth-order valence-corrected chi connectivity index (χ4v) is 2.85. The molecule has 4 nitrogen and oxygen atoms in total. The van der Waals surface area contributed by atoms with Gasteiger partial charge >= 0.3 is 0 Å². The molecule has 1 aromatic carbocycles. The van der Waals surface area contributed by atoms with Crippen molar-refractivity contribution in [1.82, 2.24) is 15.1 Å². The van der Waals surface area contributed by atoms with Crippen LogP contribution in [0.1, 0.15) is 31.4 Å². The lowest BCUT2D eigenvalue weighted by atomic mass is 10.0. The predicted molar refractivity (Wildman–Crippen MR) is 86.2 cm³/mol. The number of carbonyl (C=O) groups excluding carboxylic acids is 1. The molecule has 1 aliphatic rings. The van der Waals surface area contributed by atoms with E-state index in [2.05, 4.69) is 52.5 Å². The molecule has 0 aliphatic carbocycles. The molecule has 0 saturated carbocycles. The first-order valence-corrected chi connectivity index (χ1v) is 7.95. The summed E-state index contributed by atoms with van der Waals surface area (Å²) < 4.78 is 0. The number of carbonyl (C=O) groups is 1. The molecule has 1 atom stereocenters. The third-order valence-corrected chi connectivity index (χ3v) is 4.14. The van der Waals surface area contributed by atoms with Crippen molar-refractivity contribution in [3.8, 4) is 0 Å². The quantitative estimate of drug-likeness (QED) is 0.812. The zero-order valence-corrected chi connectivity index (χ0v) is 13.2. The Morgan fingerprint density at radius 2 is 2.05 bits per heavy atom. The van der Waals surface area contributed by atoms with Gasteiger partial charge in [0.05, 0.1) is 0 Å². The summed E-state index contributed by atoms with van der Waals surface area (Å²) in [5.41, 5.74) is 1.39. The number of amides is 1. The molecule has 0 aromatic heterocycles. The monoisotopic (exact) mass is 289 g/mol. The summed E-state index contributed by atoms with van der Waals surface area (Å²) in [7, 11) is 2.19. The van der Waals surface area contributed by atoms with E-state index in [1.165, 1.54) is 5.56 Å². The van der Waals surface area contributed by atoms with E-state index in [1.54, 1.807) is 0 Å². The Morgan fingerprint density at radius 3 is 2.76 bits per heavy atom.